The summed E-state index contributed by atoms with van der Waals surface area (Å²) in [4.78, 5) is 29.1. The van der Waals surface area contributed by atoms with Gasteiger partial charge in [-0.05, 0) is 24.6 Å². The molecule has 1 atom stereocenters. The number of carboxylic acids is 1. The van der Waals surface area contributed by atoms with E-state index in [9.17, 15) is 9.59 Å². The predicted molar refractivity (Wildman–Crippen MR) is 64.7 cm³/mol. The summed E-state index contributed by atoms with van der Waals surface area (Å²) in [6.45, 7) is 1.65. The number of aromatic nitrogens is 2. The quantitative estimate of drug-likeness (QED) is 0.699. The van der Waals surface area contributed by atoms with E-state index < -0.39 is 17.8 Å². The van der Waals surface area contributed by atoms with Gasteiger partial charge in [-0.1, -0.05) is 6.07 Å². The third kappa shape index (κ3) is 2.48. The number of fused-ring (bicyclic) bond motifs is 1. The molecule has 2 aromatic rings. The normalized spacial score (nSPS) is 12.3. The van der Waals surface area contributed by atoms with E-state index in [0.717, 1.165) is 16.6 Å². The molecule has 2 rings (SSSR count). The molecule has 0 aliphatic rings. The van der Waals surface area contributed by atoms with Gasteiger partial charge in [0, 0.05) is 6.54 Å². The summed E-state index contributed by atoms with van der Waals surface area (Å²) in [6, 6.07) is 5.55. The third-order valence-electron chi connectivity index (χ3n) is 2.72. The number of benzene rings is 1. The maximum Gasteiger partial charge on any atom is 0.315 e. The Balaban J connectivity index is 2.01. The number of rotatable bonds is 4. The molecule has 1 aromatic carbocycles. The van der Waals surface area contributed by atoms with Crippen molar-refractivity contribution < 1.29 is 14.7 Å². The Morgan fingerprint density at radius 2 is 2.28 bits per heavy atom. The van der Waals surface area contributed by atoms with Crippen LogP contribution >= 0.6 is 0 Å². The van der Waals surface area contributed by atoms with Crippen molar-refractivity contribution in [3.05, 3.63) is 30.1 Å². The second-order valence-electron chi connectivity index (χ2n) is 4.03. The molecule has 0 aliphatic heterocycles. The molecule has 0 radical (unpaired) electrons. The average Bonchev–Trinajstić information content (AvgIpc) is 2.82. The minimum absolute atomic E-state index is 0.297. The number of amides is 1. The van der Waals surface area contributed by atoms with Crippen LogP contribution in [0.25, 0.3) is 11.0 Å². The van der Waals surface area contributed by atoms with Crippen LogP contribution in [0.1, 0.15) is 12.5 Å². The lowest BCUT2D eigenvalue weighted by atomic mass is 10.1. The lowest BCUT2D eigenvalue weighted by Crippen LogP contribution is -2.33. The number of nitrogens with one attached hydrogen (secondary N) is 2. The van der Waals surface area contributed by atoms with Crippen molar-refractivity contribution in [2.24, 2.45) is 5.92 Å². The smallest absolute Gasteiger partial charge is 0.315 e. The van der Waals surface area contributed by atoms with Crippen LogP contribution in [-0.2, 0) is 16.1 Å². The van der Waals surface area contributed by atoms with Gasteiger partial charge in [0.1, 0.15) is 5.92 Å². The number of H-pyrrole nitrogens is 1. The van der Waals surface area contributed by atoms with Crippen LogP contribution in [0.5, 0.6) is 0 Å². The van der Waals surface area contributed by atoms with Gasteiger partial charge >= 0.3 is 5.97 Å². The van der Waals surface area contributed by atoms with Crippen LogP contribution in [0.15, 0.2) is 24.5 Å². The number of aromatic amines is 1. The number of carbonyl (C=O) groups excluding carboxylic acids is 1. The first-order chi connectivity index (χ1) is 8.58. The van der Waals surface area contributed by atoms with Crippen LogP contribution in [0, 0.1) is 5.92 Å². The molecular weight excluding hydrogens is 234 g/mol. The summed E-state index contributed by atoms with van der Waals surface area (Å²) in [5.41, 5.74) is 2.62. The summed E-state index contributed by atoms with van der Waals surface area (Å²) >= 11 is 0. The van der Waals surface area contributed by atoms with Gasteiger partial charge < -0.3 is 15.4 Å². The van der Waals surface area contributed by atoms with Crippen molar-refractivity contribution in [2.45, 2.75) is 13.5 Å². The molecule has 6 nitrogen and oxygen atoms in total. The van der Waals surface area contributed by atoms with E-state index >= 15 is 0 Å². The second-order valence-corrected chi connectivity index (χ2v) is 4.03. The number of aliphatic carboxylic acids is 1. The number of carbonyl (C=O) groups is 2. The Morgan fingerprint density at radius 3 is 3.00 bits per heavy atom. The van der Waals surface area contributed by atoms with E-state index in [1.807, 2.05) is 18.2 Å². The zero-order valence-electron chi connectivity index (χ0n) is 9.80. The Hall–Kier alpha value is -2.37. The summed E-state index contributed by atoms with van der Waals surface area (Å²) in [5.74, 6) is -2.66. The highest BCUT2D eigenvalue weighted by Gasteiger charge is 2.19. The van der Waals surface area contributed by atoms with Crippen LogP contribution in [-0.4, -0.2) is 27.0 Å². The van der Waals surface area contributed by atoms with Gasteiger partial charge in [-0.15, -0.1) is 0 Å². The van der Waals surface area contributed by atoms with E-state index in [1.165, 1.54) is 6.92 Å². The molecule has 1 amide bonds. The molecular formula is C12H13N3O3. The fourth-order valence-corrected chi connectivity index (χ4v) is 1.55. The molecule has 0 aliphatic carbocycles. The van der Waals surface area contributed by atoms with Crippen LogP contribution in [0.3, 0.4) is 0 Å². The average molecular weight is 247 g/mol. The fraction of sp³-hybridized carbons (Fsp3) is 0.250. The fourth-order valence-electron chi connectivity index (χ4n) is 1.55. The zero-order chi connectivity index (χ0) is 13.1. The van der Waals surface area contributed by atoms with Gasteiger partial charge in [-0.2, -0.15) is 0 Å². The van der Waals surface area contributed by atoms with Crippen molar-refractivity contribution >= 4 is 22.9 Å². The first kappa shape index (κ1) is 12.1. The standard InChI is InChI=1S/C12H13N3O3/c1-7(12(17)18)11(16)13-5-8-2-3-9-10(4-8)15-6-14-9/h2-4,6-7H,5H2,1H3,(H,13,16)(H,14,15)(H,17,18). The number of hydrogen-bond acceptors (Lipinski definition) is 3. The highest BCUT2D eigenvalue weighted by atomic mass is 16.4. The molecule has 6 heteroatoms. The number of carboxylic acid groups (broad SMARTS) is 1. The molecule has 94 valence electrons. The SMILES string of the molecule is CC(C(=O)O)C(=O)NCc1ccc2nc[nH]c2c1. The summed E-state index contributed by atoms with van der Waals surface area (Å²) in [7, 11) is 0. The van der Waals surface area contributed by atoms with E-state index in [4.69, 9.17) is 5.11 Å². The van der Waals surface area contributed by atoms with Crippen molar-refractivity contribution in [3.63, 3.8) is 0 Å². The van der Waals surface area contributed by atoms with E-state index in [0.29, 0.717) is 6.54 Å². The first-order valence-electron chi connectivity index (χ1n) is 5.50. The molecule has 1 aromatic heterocycles. The molecule has 1 heterocycles. The second kappa shape index (κ2) is 4.87. The molecule has 1 unspecified atom stereocenters. The summed E-state index contributed by atoms with van der Waals surface area (Å²) < 4.78 is 0. The van der Waals surface area contributed by atoms with Gasteiger partial charge in [-0.3, -0.25) is 9.59 Å². The van der Waals surface area contributed by atoms with Crippen LogP contribution in [0.2, 0.25) is 0 Å². The molecule has 0 saturated carbocycles. The summed E-state index contributed by atoms with van der Waals surface area (Å²) in [5, 5.41) is 11.3. The lowest BCUT2D eigenvalue weighted by molar-refractivity contribution is -0.146. The van der Waals surface area contributed by atoms with Crippen LogP contribution in [0.4, 0.5) is 0 Å². The maximum absolute atomic E-state index is 11.5. The molecule has 0 saturated heterocycles. The first-order valence-corrected chi connectivity index (χ1v) is 5.50. The Kier molecular flexibility index (Phi) is 3.27. The van der Waals surface area contributed by atoms with Gasteiger partial charge in [0.25, 0.3) is 0 Å². The van der Waals surface area contributed by atoms with Crippen molar-refractivity contribution in [2.75, 3.05) is 0 Å². The third-order valence-corrected chi connectivity index (χ3v) is 2.72. The Bertz CT molecular complexity index is 591. The van der Waals surface area contributed by atoms with Crippen molar-refractivity contribution in [1.82, 2.24) is 15.3 Å². The van der Waals surface area contributed by atoms with Crippen molar-refractivity contribution in [3.8, 4) is 0 Å². The Morgan fingerprint density at radius 1 is 1.50 bits per heavy atom. The molecule has 18 heavy (non-hydrogen) atoms. The minimum Gasteiger partial charge on any atom is -0.481 e. The molecule has 0 spiro atoms. The monoisotopic (exact) mass is 247 g/mol. The molecule has 0 bridgehead atoms. The van der Waals surface area contributed by atoms with E-state index in [2.05, 4.69) is 15.3 Å². The molecule has 0 fully saturated rings. The Labute approximate surface area is 103 Å². The topological polar surface area (TPSA) is 95.1 Å². The largest absolute Gasteiger partial charge is 0.481 e. The zero-order valence-corrected chi connectivity index (χ0v) is 9.80. The maximum atomic E-state index is 11.5. The lowest BCUT2D eigenvalue weighted by Gasteiger charge is -2.08. The number of imidazole rings is 1. The summed E-state index contributed by atoms with van der Waals surface area (Å²) in [6.07, 6.45) is 1.60. The van der Waals surface area contributed by atoms with Gasteiger partial charge in [0.15, 0.2) is 0 Å². The van der Waals surface area contributed by atoms with Gasteiger partial charge in [-0.25, -0.2) is 4.98 Å². The molecule has 3 N–H and O–H groups in total. The number of hydrogen-bond donors (Lipinski definition) is 3. The van der Waals surface area contributed by atoms with Crippen molar-refractivity contribution in [1.29, 1.82) is 0 Å². The van der Waals surface area contributed by atoms with E-state index in [-0.39, 0.29) is 0 Å². The highest BCUT2D eigenvalue weighted by molar-refractivity contribution is 5.96. The highest BCUT2D eigenvalue weighted by Crippen LogP contribution is 2.11. The van der Waals surface area contributed by atoms with Gasteiger partial charge in [0.05, 0.1) is 17.4 Å². The predicted octanol–water partition coefficient (Wildman–Crippen LogP) is 0.900. The van der Waals surface area contributed by atoms with Crippen LogP contribution < -0.4 is 5.32 Å². The number of nitrogens with zero attached hydrogens (tertiary/aromatic N) is 1. The van der Waals surface area contributed by atoms with E-state index in [1.54, 1.807) is 6.33 Å². The minimum atomic E-state index is -1.13. The van der Waals surface area contributed by atoms with Gasteiger partial charge in [0.2, 0.25) is 5.91 Å².